The molecule has 27 heavy (non-hydrogen) atoms. The van der Waals surface area contributed by atoms with E-state index in [1.165, 1.54) is 6.92 Å². The monoisotopic (exact) mass is 367 g/mol. The molecular weight excluding hydrogens is 338 g/mol. The number of nitrogens with zero attached hydrogens (tertiary/aromatic N) is 1. The third-order valence-electron chi connectivity index (χ3n) is 4.53. The summed E-state index contributed by atoms with van der Waals surface area (Å²) in [5.41, 5.74) is 3.94. The van der Waals surface area contributed by atoms with Gasteiger partial charge in [0.25, 0.3) is 0 Å². The molecule has 0 bridgehead atoms. The first-order chi connectivity index (χ1) is 12.9. The van der Waals surface area contributed by atoms with Crippen molar-refractivity contribution >= 4 is 23.2 Å². The molecule has 0 fully saturated rings. The first-order valence-corrected chi connectivity index (χ1v) is 9.41. The van der Waals surface area contributed by atoms with Crippen molar-refractivity contribution in [3.63, 3.8) is 0 Å². The van der Waals surface area contributed by atoms with E-state index in [1.54, 1.807) is 0 Å². The lowest BCUT2D eigenvalue weighted by atomic mass is 10.0. The van der Waals surface area contributed by atoms with E-state index in [2.05, 4.69) is 29.4 Å². The zero-order valence-electron chi connectivity index (χ0n) is 16.6. The number of hydrogen-bond acceptors (Lipinski definition) is 3. The van der Waals surface area contributed by atoms with E-state index < -0.39 is 0 Å². The van der Waals surface area contributed by atoms with E-state index in [0.717, 1.165) is 35.6 Å². The van der Waals surface area contributed by atoms with Gasteiger partial charge in [0.05, 0.1) is 12.5 Å². The summed E-state index contributed by atoms with van der Waals surface area (Å²) in [6, 6.07) is 15.3. The highest BCUT2D eigenvalue weighted by atomic mass is 16.2. The summed E-state index contributed by atoms with van der Waals surface area (Å²) in [5, 5.41) is 5.79. The number of benzene rings is 2. The second-order valence-corrected chi connectivity index (χ2v) is 6.64. The van der Waals surface area contributed by atoms with Crippen molar-refractivity contribution in [3.05, 3.63) is 59.7 Å². The largest absolute Gasteiger partial charge is 0.372 e. The number of hydrogen-bond donors (Lipinski definition) is 2. The van der Waals surface area contributed by atoms with Crippen LogP contribution in [-0.2, 0) is 9.59 Å². The van der Waals surface area contributed by atoms with Crippen molar-refractivity contribution in [1.29, 1.82) is 0 Å². The molecule has 0 aromatic heterocycles. The molecule has 144 valence electrons. The second kappa shape index (κ2) is 9.76. The molecule has 2 rings (SSSR count). The van der Waals surface area contributed by atoms with E-state index in [1.807, 2.05) is 55.5 Å². The average Bonchev–Trinajstić information content (AvgIpc) is 2.64. The Morgan fingerprint density at radius 1 is 0.963 bits per heavy atom. The van der Waals surface area contributed by atoms with Gasteiger partial charge in [-0.1, -0.05) is 29.8 Å². The summed E-state index contributed by atoms with van der Waals surface area (Å²) in [7, 11) is 0. The van der Waals surface area contributed by atoms with Crippen LogP contribution in [-0.4, -0.2) is 24.9 Å². The first-order valence-electron chi connectivity index (χ1n) is 9.41. The van der Waals surface area contributed by atoms with Crippen molar-refractivity contribution in [3.8, 4) is 0 Å². The maximum Gasteiger partial charge on any atom is 0.226 e. The standard InChI is InChI=1S/C22H29N3O2/c1-5-25(6-2)20-13-11-19(12-14-20)24-22(27)15-21(23-17(4)26)18-9-7-16(3)8-10-18/h7-14,21H,5-6,15H2,1-4H3,(H,23,26)(H,24,27). The minimum atomic E-state index is -0.349. The van der Waals surface area contributed by atoms with Crippen molar-refractivity contribution in [2.75, 3.05) is 23.3 Å². The Morgan fingerprint density at radius 3 is 2.07 bits per heavy atom. The molecule has 0 aliphatic heterocycles. The van der Waals surface area contributed by atoms with Gasteiger partial charge in [-0.3, -0.25) is 9.59 Å². The predicted octanol–water partition coefficient (Wildman–Crippen LogP) is 4.05. The molecule has 0 spiro atoms. The number of rotatable bonds is 8. The van der Waals surface area contributed by atoms with Gasteiger partial charge in [0.1, 0.15) is 0 Å². The van der Waals surface area contributed by atoms with Crippen LogP contribution >= 0.6 is 0 Å². The van der Waals surface area contributed by atoms with Gasteiger partial charge < -0.3 is 15.5 Å². The van der Waals surface area contributed by atoms with E-state index in [4.69, 9.17) is 0 Å². The third-order valence-corrected chi connectivity index (χ3v) is 4.53. The van der Waals surface area contributed by atoms with Gasteiger partial charge in [-0.25, -0.2) is 0 Å². The molecule has 2 N–H and O–H groups in total. The number of anilines is 2. The smallest absolute Gasteiger partial charge is 0.226 e. The van der Waals surface area contributed by atoms with Crippen LogP contribution in [0.3, 0.4) is 0 Å². The summed E-state index contributed by atoms with van der Waals surface area (Å²) in [6.45, 7) is 9.59. The van der Waals surface area contributed by atoms with Crippen LogP contribution in [0.2, 0.25) is 0 Å². The van der Waals surface area contributed by atoms with Crippen LogP contribution in [0.4, 0.5) is 11.4 Å². The Balaban J connectivity index is 2.04. The number of aryl methyl sites for hydroxylation is 1. The molecule has 0 aliphatic rings. The Kier molecular flexibility index (Phi) is 7.41. The summed E-state index contributed by atoms with van der Waals surface area (Å²) in [6.07, 6.45) is 0.181. The van der Waals surface area contributed by atoms with E-state index >= 15 is 0 Å². The Bertz CT molecular complexity index is 750. The fourth-order valence-corrected chi connectivity index (χ4v) is 3.04. The summed E-state index contributed by atoms with van der Waals surface area (Å²) < 4.78 is 0. The van der Waals surface area contributed by atoms with Crippen LogP contribution in [0.25, 0.3) is 0 Å². The lowest BCUT2D eigenvalue weighted by Gasteiger charge is -2.21. The zero-order chi connectivity index (χ0) is 19.8. The molecule has 2 aromatic rings. The Labute approximate surface area is 161 Å². The highest BCUT2D eigenvalue weighted by Gasteiger charge is 2.17. The van der Waals surface area contributed by atoms with Gasteiger partial charge in [-0.2, -0.15) is 0 Å². The zero-order valence-corrected chi connectivity index (χ0v) is 16.6. The van der Waals surface area contributed by atoms with Gasteiger partial charge in [-0.15, -0.1) is 0 Å². The van der Waals surface area contributed by atoms with Crippen LogP contribution < -0.4 is 15.5 Å². The summed E-state index contributed by atoms with van der Waals surface area (Å²) in [4.78, 5) is 26.3. The second-order valence-electron chi connectivity index (χ2n) is 6.64. The van der Waals surface area contributed by atoms with Crippen LogP contribution in [0.5, 0.6) is 0 Å². The molecule has 0 saturated carbocycles. The maximum absolute atomic E-state index is 12.5. The minimum Gasteiger partial charge on any atom is -0.372 e. The average molecular weight is 367 g/mol. The van der Waals surface area contributed by atoms with Gasteiger partial charge in [0.2, 0.25) is 11.8 Å². The Morgan fingerprint density at radius 2 is 1.56 bits per heavy atom. The quantitative estimate of drug-likeness (QED) is 0.740. The van der Waals surface area contributed by atoms with Crippen molar-refractivity contribution in [2.45, 2.75) is 40.2 Å². The molecule has 1 unspecified atom stereocenters. The van der Waals surface area contributed by atoms with Crippen LogP contribution in [0, 0.1) is 6.92 Å². The van der Waals surface area contributed by atoms with Gasteiger partial charge in [0, 0.05) is 31.4 Å². The van der Waals surface area contributed by atoms with E-state index in [-0.39, 0.29) is 24.3 Å². The SMILES string of the molecule is CCN(CC)c1ccc(NC(=O)CC(NC(C)=O)c2ccc(C)cc2)cc1. The molecule has 1 atom stereocenters. The maximum atomic E-state index is 12.5. The number of amides is 2. The summed E-state index contributed by atoms with van der Waals surface area (Å²) in [5.74, 6) is -0.290. The molecule has 5 heteroatoms. The fraction of sp³-hybridized carbons (Fsp3) is 0.364. The van der Waals surface area contributed by atoms with E-state index in [0.29, 0.717) is 0 Å². The topological polar surface area (TPSA) is 61.4 Å². The molecule has 5 nitrogen and oxygen atoms in total. The van der Waals surface area contributed by atoms with Gasteiger partial charge in [-0.05, 0) is 50.6 Å². The third kappa shape index (κ3) is 6.13. The highest BCUT2D eigenvalue weighted by molar-refractivity contribution is 5.91. The predicted molar refractivity (Wildman–Crippen MR) is 111 cm³/mol. The molecule has 0 radical (unpaired) electrons. The van der Waals surface area contributed by atoms with Crippen LogP contribution in [0.15, 0.2) is 48.5 Å². The number of nitrogens with one attached hydrogen (secondary N) is 2. The molecular formula is C22H29N3O2. The lowest BCUT2D eigenvalue weighted by molar-refractivity contribution is -0.120. The van der Waals surface area contributed by atoms with E-state index in [9.17, 15) is 9.59 Å². The molecule has 0 heterocycles. The number of carbonyl (C=O) groups is 2. The first kappa shape index (κ1) is 20.5. The van der Waals surface area contributed by atoms with Crippen molar-refractivity contribution < 1.29 is 9.59 Å². The highest BCUT2D eigenvalue weighted by Crippen LogP contribution is 2.21. The van der Waals surface area contributed by atoms with Crippen LogP contribution in [0.1, 0.15) is 44.4 Å². The molecule has 2 aromatic carbocycles. The molecule has 0 aliphatic carbocycles. The van der Waals surface area contributed by atoms with Gasteiger partial charge in [0.15, 0.2) is 0 Å². The molecule has 0 saturated heterocycles. The lowest BCUT2D eigenvalue weighted by Crippen LogP contribution is -2.29. The fourth-order valence-electron chi connectivity index (χ4n) is 3.04. The van der Waals surface area contributed by atoms with Gasteiger partial charge >= 0.3 is 0 Å². The normalized spacial score (nSPS) is 11.6. The summed E-state index contributed by atoms with van der Waals surface area (Å²) >= 11 is 0. The molecule has 2 amide bonds. The van der Waals surface area contributed by atoms with Crippen molar-refractivity contribution in [1.82, 2.24) is 5.32 Å². The Hall–Kier alpha value is -2.82. The van der Waals surface area contributed by atoms with Crippen molar-refractivity contribution in [2.24, 2.45) is 0 Å². The minimum absolute atomic E-state index is 0.134. The number of carbonyl (C=O) groups excluding carboxylic acids is 2.